The number of aryl methyl sites for hydroxylation is 1. The maximum Gasteiger partial charge on any atom is 0.369 e. The van der Waals surface area contributed by atoms with Crippen molar-refractivity contribution < 1.29 is 9.53 Å². The first-order valence-corrected chi connectivity index (χ1v) is 10.6. The third-order valence-corrected chi connectivity index (χ3v) is 5.66. The van der Waals surface area contributed by atoms with Gasteiger partial charge < -0.3 is 4.74 Å². The Morgan fingerprint density at radius 2 is 1.97 bits per heavy atom. The van der Waals surface area contributed by atoms with Crippen LogP contribution in [0.25, 0.3) is 5.69 Å². The summed E-state index contributed by atoms with van der Waals surface area (Å²) in [6, 6.07) is 15.4. The molecule has 1 aliphatic carbocycles. The van der Waals surface area contributed by atoms with Crippen molar-refractivity contribution in [1.82, 2.24) is 9.78 Å². The summed E-state index contributed by atoms with van der Waals surface area (Å²) in [7, 11) is 0. The largest absolute Gasteiger partial charge is 0.461 e. The van der Waals surface area contributed by atoms with Gasteiger partial charge in [0.2, 0.25) is 9.81 Å². The number of ether oxygens (including phenoxy) is 1. The van der Waals surface area contributed by atoms with Crippen LogP contribution in [0.1, 0.15) is 40.7 Å². The van der Waals surface area contributed by atoms with Crippen molar-refractivity contribution in [3.05, 3.63) is 74.5 Å². The third kappa shape index (κ3) is 4.31. The van der Waals surface area contributed by atoms with Crippen LogP contribution in [-0.4, -0.2) is 28.1 Å². The maximum absolute atomic E-state index is 12.2. The van der Waals surface area contributed by atoms with Gasteiger partial charge in [0.1, 0.15) is 0 Å². The Balaban J connectivity index is 1.80. The summed E-state index contributed by atoms with van der Waals surface area (Å²) < 4.78 is 6.68. The van der Waals surface area contributed by atoms with Crippen LogP contribution >= 0.6 is 22.9 Å². The second-order valence-electron chi connectivity index (χ2n) is 6.46. The number of aromatic nitrogens is 2. The van der Waals surface area contributed by atoms with Gasteiger partial charge in [0.05, 0.1) is 18.0 Å². The summed E-state index contributed by atoms with van der Waals surface area (Å²) in [5.41, 5.74) is 4.11. The van der Waals surface area contributed by atoms with Gasteiger partial charge in [0, 0.05) is 10.6 Å². The molecule has 2 aromatic carbocycles. The van der Waals surface area contributed by atoms with E-state index in [1.165, 1.54) is 5.56 Å². The zero-order chi connectivity index (χ0) is 20.2. The van der Waals surface area contributed by atoms with Crippen molar-refractivity contribution in [2.24, 2.45) is 10.2 Å². The van der Waals surface area contributed by atoms with Crippen molar-refractivity contribution >= 4 is 34.6 Å². The van der Waals surface area contributed by atoms with E-state index < -0.39 is 5.97 Å². The van der Waals surface area contributed by atoms with Gasteiger partial charge in [-0.25, -0.2) is 9.48 Å². The van der Waals surface area contributed by atoms with Crippen molar-refractivity contribution in [2.75, 3.05) is 6.61 Å². The highest BCUT2D eigenvalue weighted by Gasteiger charge is 2.17. The predicted octanol–water partition coefficient (Wildman–Crippen LogP) is 4.41. The number of fused-ring (bicyclic) bond motifs is 1. The van der Waals surface area contributed by atoms with E-state index in [-0.39, 0.29) is 11.6 Å². The minimum atomic E-state index is -0.475. The Morgan fingerprint density at radius 1 is 1.17 bits per heavy atom. The Hall–Kier alpha value is -2.77. The van der Waals surface area contributed by atoms with E-state index in [9.17, 15) is 4.79 Å². The molecule has 6 nitrogen and oxygen atoms in total. The van der Waals surface area contributed by atoms with Crippen molar-refractivity contribution in [2.45, 2.75) is 26.2 Å². The number of hydrogen-bond donors (Lipinski definition) is 0. The van der Waals surface area contributed by atoms with Gasteiger partial charge in [-0.2, -0.15) is 5.10 Å². The van der Waals surface area contributed by atoms with E-state index in [1.54, 1.807) is 23.7 Å². The van der Waals surface area contributed by atoms with Crippen LogP contribution in [0.5, 0.6) is 0 Å². The number of carbonyl (C=O) groups excluding carboxylic acids is 1. The minimum absolute atomic E-state index is 0.227. The number of halogens is 1. The van der Waals surface area contributed by atoms with E-state index in [1.807, 2.05) is 24.3 Å². The molecule has 4 rings (SSSR count). The molecule has 0 saturated heterocycles. The molecule has 1 aliphatic rings. The summed E-state index contributed by atoms with van der Waals surface area (Å²) in [6.07, 6.45) is 2.96. The van der Waals surface area contributed by atoms with E-state index in [0.717, 1.165) is 47.6 Å². The number of benzene rings is 2. The number of nitrogens with zero attached hydrogens (tertiary/aromatic N) is 4. The number of rotatable bonds is 4. The lowest BCUT2D eigenvalue weighted by molar-refractivity contribution is 0.0524. The van der Waals surface area contributed by atoms with Crippen LogP contribution in [0, 0.1) is 0 Å². The Bertz CT molecular complexity index is 1130. The number of esters is 1. The summed E-state index contributed by atoms with van der Waals surface area (Å²) in [5, 5.41) is 14.2. The third-order valence-electron chi connectivity index (χ3n) is 4.53. The van der Waals surface area contributed by atoms with Gasteiger partial charge in [-0.3, -0.25) is 0 Å². The fourth-order valence-corrected chi connectivity index (χ4v) is 4.06. The van der Waals surface area contributed by atoms with Crippen LogP contribution in [0.15, 0.2) is 58.7 Å². The monoisotopic (exact) mass is 426 g/mol. The molecule has 0 saturated carbocycles. The van der Waals surface area contributed by atoms with Gasteiger partial charge in [0.25, 0.3) is 0 Å². The topological polar surface area (TPSA) is 68.8 Å². The molecule has 0 unspecified atom stereocenters. The highest BCUT2D eigenvalue weighted by molar-refractivity contribution is 7.10. The maximum atomic E-state index is 12.2. The van der Waals surface area contributed by atoms with E-state index in [2.05, 4.69) is 27.4 Å². The average molecular weight is 427 g/mol. The van der Waals surface area contributed by atoms with Crippen molar-refractivity contribution in [3.63, 3.8) is 0 Å². The Kier molecular flexibility index (Phi) is 5.87. The van der Waals surface area contributed by atoms with Gasteiger partial charge in [0.15, 0.2) is 0 Å². The summed E-state index contributed by atoms with van der Waals surface area (Å²) in [5.74, 6) is -0.475. The van der Waals surface area contributed by atoms with Gasteiger partial charge >= 0.3 is 5.97 Å². The molecule has 148 valence electrons. The lowest BCUT2D eigenvalue weighted by atomic mass is 9.90. The standard InChI is InChI=1S/C21H19ClN4O2S/c1-2-28-20(27)19-25-26(16-12-10-15(22)11-13-16)21(29-19)24-23-18-9-5-7-14-6-3-4-8-17(14)18/h3-4,6,8,10-13H,2,5,7,9H2,1H3/b23-18+,24-21+. The highest BCUT2D eigenvalue weighted by Crippen LogP contribution is 2.21. The summed E-state index contributed by atoms with van der Waals surface area (Å²) in [4.78, 5) is 12.7. The first-order chi connectivity index (χ1) is 14.2. The van der Waals surface area contributed by atoms with E-state index >= 15 is 0 Å². The molecule has 0 N–H and O–H groups in total. The van der Waals surface area contributed by atoms with E-state index in [0.29, 0.717) is 9.82 Å². The van der Waals surface area contributed by atoms with Crippen LogP contribution < -0.4 is 4.80 Å². The predicted molar refractivity (Wildman–Crippen MR) is 114 cm³/mol. The summed E-state index contributed by atoms with van der Waals surface area (Å²) in [6.45, 7) is 2.04. The number of hydrogen-bond acceptors (Lipinski definition) is 6. The molecule has 0 bridgehead atoms. The highest BCUT2D eigenvalue weighted by atomic mass is 35.5. The lowest BCUT2D eigenvalue weighted by Crippen LogP contribution is -2.15. The van der Waals surface area contributed by atoms with Crippen LogP contribution in [0.4, 0.5) is 0 Å². The van der Waals surface area contributed by atoms with Crippen LogP contribution in [0.3, 0.4) is 0 Å². The number of carbonyl (C=O) groups is 1. The zero-order valence-electron chi connectivity index (χ0n) is 15.8. The lowest BCUT2D eigenvalue weighted by Gasteiger charge is -2.16. The van der Waals surface area contributed by atoms with Gasteiger partial charge in [-0.15, -0.1) is 10.2 Å². The first kappa shape index (κ1) is 19.5. The van der Waals surface area contributed by atoms with Crippen molar-refractivity contribution in [1.29, 1.82) is 0 Å². The SMILES string of the molecule is CCOC(=O)c1nn(-c2ccc(Cl)cc2)/c(=N\N=C2/CCCc3ccccc32)s1. The molecule has 0 spiro atoms. The fourth-order valence-electron chi connectivity index (χ4n) is 3.18. The second-order valence-corrected chi connectivity index (χ2v) is 7.85. The first-order valence-electron chi connectivity index (χ1n) is 9.38. The molecular formula is C21H19ClN4O2S. The Labute approximate surface area is 177 Å². The molecule has 0 atom stereocenters. The van der Waals surface area contributed by atoms with Crippen LogP contribution in [-0.2, 0) is 11.2 Å². The molecule has 0 fully saturated rings. The molecular weight excluding hydrogens is 408 g/mol. The smallest absolute Gasteiger partial charge is 0.369 e. The fraction of sp³-hybridized carbons (Fsp3) is 0.238. The summed E-state index contributed by atoms with van der Waals surface area (Å²) >= 11 is 7.15. The molecule has 29 heavy (non-hydrogen) atoms. The second kappa shape index (κ2) is 8.71. The molecule has 3 aromatic rings. The normalized spacial score (nSPS) is 15.4. The van der Waals surface area contributed by atoms with E-state index in [4.69, 9.17) is 16.3 Å². The molecule has 1 aromatic heterocycles. The molecule has 0 aliphatic heterocycles. The Morgan fingerprint density at radius 3 is 2.76 bits per heavy atom. The molecule has 0 amide bonds. The minimum Gasteiger partial charge on any atom is -0.461 e. The quantitative estimate of drug-likeness (QED) is 0.458. The zero-order valence-corrected chi connectivity index (χ0v) is 17.4. The van der Waals surface area contributed by atoms with Crippen LogP contribution in [0.2, 0.25) is 5.02 Å². The van der Waals surface area contributed by atoms with Gasteiger partial charge in [-0.05, 0) is 56.0 Å². The molecule has 8 heteroatoms. The molecule has 0 radical (unpaired) electrons. The van der Waals surface area contributed by atoms with Gasteiger partial charge in [-0.1, -0.05) is 47.2 Å². The molecule has 1 heterocycles. The average Bonchev–Trinajstić information content (AvgIpc) is 3.17. The van der Waals surface area contributed by atoms with Crippen molar-refractivity contribution in [3.8, 4) is 5.69 Å².